The molecule has 1 unspecified atom stereocenters. The van der Waals surface area contributed by atoms with E-state index in [2.05, 4.69) is 11.8 Å². The van der Waals surface area contributed by atoms with Crippen molar-refractivity contribution < 1.29 is 9.13 Å². The lowest BCUT2D eigenvalue weighted by atomic mass is 10.2. The fourth-order valence-corrected chi connectivity index (χ4v) is 3.54. The van der Waals surface area contributed by atoms with Crippen LogP contribution in [0, 0.1) is 5.82 Å². The molecule has 112 valence electrons. The van der Waals surface area contributed by atoms with Crippen molar-refractivity contribution in [1.29, 1.82) is 0 Å². The Kier molecular flexibility index (Phi) is 5.02. The molecular weight excluding hydrogens is 275 g/mol. The number of nitrogens with two attached hydrogens (primary N) is 1. The van der Waals surface area contributed by atoms with Gasteiger partial charge in [-0.1, -0.05) is 6.92 Å². The van der Waals surface area contributed by atoms with Gasteiger partial charge in [-0.25, -0.2) is 4.39 Å². The third-order valence-corrected chi connectivity index (χ3v) is 4.75. The van der Waals surface area contributed by atoms with E-state index < -0.39 is 5.82 Å². The zero-order valence-electron chi connectivity index (χ0n) is 12.4. The second-order valence-electron chi connectivity index (χ2n) is 5.36. The van der Waals surface area contributed by atoms with E-state index in [1.807, 2.05) is 25.6 Å². The molecule has 1 aromatic carbocycles. The first kappa shape index (κ1) is 15.3. The summed E-state index contributed by atoms with van der Waals surface area (Å²) in [7, 11) is 0. The van der Waals surface area contributed by atoms with Gasteiger partial charge in [-0.15, -0.1) is 0 Å². The predicted octanol–water partition coefficient (Wildman–Crippen LogP) is 3.53. The molecule has 2 N–H and O–H groups in total. The molecule has 0 amide bonds. The molecule has 0 aliphatic carbocycles. The number of rotatable bonds is 4. The maximum Gasteiger partial charge on any atom is 0.167 e. The number of anilines is 2. The minimum Gasteiger partial charge on any atom is -0.488 e. The molecule has 1 aromatic rings. The molecule has 0 radical (unpaired) electrons. The summed E-state index contributed by atoms with van der Waals surface area (Å²) in [6.07, 6.45) is 1.08. The molecule has 0 spiro atoms. The SMILES string of the molecule is CCC1CN(c2cc(OC(C)C)c(F)cc2N)CCS1. The van der Waals surface area contributed by atoms with Crippen LogP contribution in [0.1, 0.15) is 27.2 Å². The van der Waals surface area contributed by atoms with Crippen LogP contribution < -0.4 is 15.4 Å². The lowest BCUT2D eigenvalue weighted by Gasteiger charge is -2.34. The summed E-state index contributed by atoms with van der Waals surface area (Å²) in [5.74, 6) is 0.976. The van der Waals surface area contributed by atoms with Crippen LogP contribution in [0.15, 0.2) is 12.1 Å². The van der Waals surface area contributed by atoms with E-state index in [0.29, 0.717) is 10.9 Å². The molecule has 1 heterocycles. The number of benzene rings is 1. The molecule has 2 rings (SSSR count). The molecule has 5 heteroatoms. The second kappa shape index (κ2) is 6.57. The highest BCUT2D eigenvalue weighted by Crippen LogP contribution is 2.34. The van der Waals surface area contributed by atoms with Crippen molar-refractivity contribution in [1.82, 2.24) is 0 Å². The Bertz CT molecular complexity index is 467. The molecule has 1 fully saturated rings. The van der Waals surface area contributed by atoms with Crippen molar-refractivity contribution in [3.63, 3.8) is 0 Å². The van der Waals surface area contributed by atoms with Crippen LogP contribution >= 0.6 is 11.8 Å². The zero-order chi connectivity index (χ0) is 14.7. The summed E-state index contributed by atoms with van der Waals surface area (Å²) in [5.41, 5.74) is 7.37. The Balaban J connectivity index is 2.26. The van der Waals surface area contributed by atoms with E-state index in [-0.39, 0.29) is 11.9 Å². The minimum absolute atomic E-state index is 0.0544. The second-order valence-corrected chi connectivity index (χ2v) is 6.76. The molecule has 0 aromatic heterocycles. The van der Waals surface area contributed by atoms with E-state index in [9.17, 15) is 4.39 Å². The maximum atomic E-state index is 13.9. The molecule has 20 heavy (non-hydrogen) atoms. The average Bonchev–Trinajstić information content (AvgIpc) is 2.41. The smallest absolute Gasteiger partial charge is 0.167 e. The van der Waals surface area contributed by atoms with Crippen molar-refractivity contribution in [2.75, 3.05) is 29.5 Å². The lowest BCUT2D eigenvalue weighted by Crippen LogP contribution is -2.38. The summed E-state index contributed by atoms with van der Waals surface area (Å²) in [6.45, 7) is 7.87. The van der Waals surface area contributed by atoms with Crippen LogP contribution in [-0.4, -0.2) is 30.2 Å². The number of hydrogen-bond acceptors (Lipinski definition) is 4. The Morgan fingerprint density at radius 3 is 2.90 bits per heavy atom. The molecular formula is C15H23FN2OS. The third-order valence-electron chi connectivity index (χ3n) is 3.38. The van der Waals surface area contributed by atoms with Crippen LogP contribution in [-0.2, 0) is 0 Å². The lowest BCUT2D eigenvalue weighted by molar-refractivity contribution is 0.231. The molecule has 0 saturated carbocycles. The Labute approximate surface area is 124 Å². The predicted molar refractivity (Wildman–Crippen MR) is 85.3 cm³/mol. The molecule has 1 atom stereocenters. The molecule has 1 aliphatic heterocycles. The molecule has 3 nitrogen and oxygen atoms in total. The van der Waals surface area contributed by atoms with E-state index >= 15 is 0 Å². The number of ether oxygens (including phenoxy) is 1. The van der Waals surface area contributed by atoms with Gasteiger partial charge in [0, 0.05) is 36.2 Å². The number of thioether (sulfide) groups is 1. The monoisotopic (exact) mass is 298 g/mol. The van der Waals surface area contributed by atoms with Gasteiger partial charge in [0.15, 0.2) is 11.6 Å². The summed E-state index contributed by atoms with van der Waals surface area (Å²) in [4.78, 5) is 2.24. The van der Waals surface area contributed by atoms with Gasteiger partial charge in [0.1, 0.15) is 0 Å². The normalized spacial score (nSPS) is 19.4. The van der Waals surface area contributed by atoms with Gasteiger partial charge in [-0.2, -0.15) is 11.8 Å². The van der Waals surface area contributed by atoms with E-state index in [1.54, 1.807) is 6.07 Å². The van der Waals surface area contributed by atoms with Gasteiger partial charge in [0.05, 0.1) is 17.5 Å². The van der Waals surface area contributed by atoms with Crippen molar-refractivity contribution in [3.05, 3.63) is 17.9 Å². The molecule has 1 saturated heterocycles. The fraction of sp³-hybridized carbons (Fsp3) is 0.600. The van der Waals surface area contributed by atoms with E-state index in [0.717, 1.165) is 31.0 Å². The number of nitrogens with zero attached hydrogens (tertiary/aromatic N) is 1. The summed E-state index contributed by atoms with van der Waals surface area (Å²) in [6, 6.07) is 3.11. The first-order valence-corrected chi connectivity index (χ1v) is 8.18. The van der Waals surface area contributed by atoms with Crippen LogP contribution in [0.3, 0.4) is 0 Å². The topological polar surface area (TPSA) is 38.5 Å². The molecule has 1 aliphatic rings. The zero-order valence-corrected chi connectivity index (χ0v) is 13.2. The van der Waals surface area contributed by atoms with Gasteiger partial charge >= 0.3 is 0 Å². The van der Waals surface area contributed by atoms with Crippen molar-refractivity contribution in [2.24, 2.45) is 0 Å². The highest BCUT2D eigenvalue weighted by atomic mass is 32.2. The van der Waals surface area contributed by atoms with E-state index in [1.165, 1.54) is 6.07 Å². The summed E-state index contributed by atoms with van der Waals surface area (Å²) < 4.78 is 19.4. The minimum atomic E-state index is -0.390. The first-order valence-electron chi connectivity index (χ1n) is 7.13. The summed E-state index contributed by atoms with van der Waals surface area (Å²) in [5, 5.41) is 0.614. The Morgan fingerprint density at radius 2 is 2.25 bits per heavy atom. The summed E-state index contributed by atoms with van der Waals surface area (Å²) >= 11 is 2.00. The maximum absolute atomic E-state index is 13.9. The third kappa shape index (κ3) is 3.51. The van der Waals surface area contributed by atoms with Crippen molar-refractivity contribution in [3.8, 4) is 5.75 Å². The standard InChI is InChI=1S/C15H23FN2OS/c1-4-11-9-18(5-6-20-11)14-8-15(19-10(2)3)12(16)7-13(14)17/h7-8,10-11H,4-6,9,17H2,1-3H3. The Morgan fingerprint density at radius 1 is 1.50 bits per heavy atom. The van der Waals surface area contributed by atoms with Crippen LogP contribution in [0.5, 0.6) is 5.75 Å². The first-order chi connectivity index (χ1) is 9.51. The average molecular weight is 298 g/mol. The van der Waals surface area contributed by atoms with E-state index in [4.69, 9.17) is 10.5 Å². The Hall–Kier alpha value is -1.10. The van der Waals surface area contributed by atoms with Gasteiger partial charge < -0.3 is 15.4 Å². The number of nitrogen functional groups attached to an aromatic ring is 1. The van der Waals surface area contributed by atoms with Gasteiger partial charge in [0.2, 0.25) is 0 Å². The van der Waals surface area contributed by atoms with Gasteiger partial charge in [-0.05, 0) is 20.3 Å². The van der Waals surface area contributed by atoms with Crippen LogP contribution in [0.4, 0.5) is 15.8 Å². The highest BCUT2D eigenvalue weighted by Gasteiger charge is 2.22. The van der Waals surface area contributed by atoms with Crippen LogP contribution in [0.25, 0.3) is 0 Å². The molecule has 0 bridgehead atoms. The number of halogens is 1. The van der Waals surface area contributed by atoms with Crippen LogP contribution in [0.2, 0.25) is 0 Å². The van der Waals surface area contributed by atoms with Crippen molar-refractivity contribution in [2.45, 2.75) is 38.5 Å². The van der Waals surface area contributed by atoms with Gasteiger partial charge in [0.25, 0.3) is 0 Å². The highest BCUT2D eigenvalue weighted by molar-refractivity contribution is 8.00. The largest absolute Gasteiger partial charge is 0.488 e. The van der Waals surface area contributed by atoms with Gasteiger partial charge in [-0.3, -0.25) is 0 Å². The fourth-order valence-electron chi connectivity index (χ4n) is 2.36. The number of hydrogen-bond donors (Lipinski definition) is 1. The van der Waals surface area contributed by atoms with Crippen molar-refractivity contribution >= 4 is 23.1 Å². The quantitative estimate of drug-likeness (QED) is 0.863.